The number of benzene rings is 1. The molecular formula is C11H11N3O2. The molecule has 0 saturated heterocycles. The monoisotopic (exact) mass is 217 g/mol. The van der Waals surface area contributed by atoms with Crippen LogP contribution in [0.4, 0.5) is 0 Å². The second-order valence-electron chi connectivity index (χ2n) is 3.31. The van der Waals surface area contributed by atoms with E-state index in [0.717, 1.165) is 10.4 Å². The molecule has 16 heavy (non-hydrogen) atoms. The first-order valence-corrected chi connectivity index (χ1v) is 4.86. The van der Waals surface area contributed by atoms with Gasteiger partial charge in [0.25, 0.3) is 0 Å². The van der Waals surface area contributed by atoms with Crippen LogP contribution in [0.15, 0.2) is 36.5 Å². The lowest BCUT2D eigenvalue weighted by atomic mass is 10.2. The number of hydrogen-bond acceptors (Lipinski definition) is 4. The van der Waals surface area contributed by atoms with Crippen LogP contribution in [0.3, 0.4) is 0 Å². The Kier molecular flexibility index (Phi) is 2.95. The van der Waals surface area contributed by atoms with Crippen LogP contribution in [0.2, 0.25) is 0 Å². The number of aromatic nitrogens is 3. The summed E-state index contributed by atoms with van der Waals surface area (Å²) in [7, 11) is 0. The molecule has 0 spiro atoms. The lowest BCUT2D eigenvalue weighted by Crippen LogP contribution is -2.17. The Morgan fingerprint density at radius 2 is 2.12 bits per heavy atom. The van der Waals surface area contributed by atoms with Crippen LogP contribution in [0.5, 0.6) is 0 Å². The molecule has 2 rings (SSSR count). The predicted molar refractivity (Wildman–Crippen MR) is 56.8 cm³/mol. The second-order valence-corrected chi connectivity index (χ2v) is 3.31. The summed E-state index contributed by atoms with van der Waals surface area (Å²) in [5.74, 6) is -0.127. The summed E-state index contributed by atoms with van der Waals surface area (Å²) in [6.07, 6.45) is 1.38. The van der Waals surface area contributed by atoms with E-state index in [1.807, 2.05) is 30.3 Å². The molecule has 1 heterocycles. The molecule has 0 saturated carbocycles. The highest BCUT2D eigenvalue weighted by Gasteiger charge is 2.09. The molecule has 5 heteroatoms. The van der Waals surface area contributed by atoms with Crippen molar-refractivity contribution in [2.24, 2.45) is 0 Å². The Labute approximate surface area is 92.6 Å². The Balaban J connectivity index is 2.05. The van der Waals surface area contributed by atoms with E-state index in [9.17, 15) is 4.79 Å². The maximum absolute atomic E-state index is 11.2. The molecule has 82 valence electrons. The second kappa shape index (κ2) is 4.57. The summed E-state index contributed by atoms with van der Waals surface area (Å²) in [5, 5.41) is 7.30. The lowest BCUT2D eigenvalue weighted by molar-refractivity contribution is 0.0573. The maximum Gasteiger partial charge on any atom is 0.183 e. The number of hydrogen-bond donors (Lipinski definition) is 0. The summed E-state index contributed by atoms with van der Waals surface area (Å²) in [6, 6.07) is 9.65. The number of nitrogens with zero attached hydrogens (tertiary/aromatic N) is 3. The summed E-state index contributed by atoms with van der Waals surface area (Å²) >= 11 is 0. The Morgan fingerprint density at radius 3 is 2.81 bits per heavy atom. The zero-order valence-electron chi connectivity index (χ0n) is 8.83. The van der Waals surface area contributed by atoms with Gasteiger partial charge in [-0.2, -0.15) is 0 Å². The molecule has 0 aliphatic carbocycles. The largest absolute Gasteiger partial charge is 0.390 e. The lowest BCUT2D eigenvalue weighted by Gasteiger charge is -2.05. The SMILES string of the molecule is CC(=O)c1cnnn1OCc1ccccc1. The van der Waals surface area contributed by atoms with E-state index < -0.39 is 0 Å². The van der Waals surface area contributed by atoms with E-state index in [1.165, 1.54) is 13.1 Å². The van der Waals surface area contributed by atoms with Crippen LogP contribution < -0.4 is 4.84 Å². The van der Waals surface area contributed by atoms with E-state index in [0.29, 0.717) is 12.3 Å². The predicted octanol–water partition coefficient (Wildman–Crippen LogP) is 1.11. The van der Waals surface area contributed by atoms with Crippen LogP contribution in [0, 0.1) is 0 Å². The minimum Gasteiger partial charge on any atom is -0.390 e. The van der Waals surface area contributed by atoms with Crippen molar-refractivity contribution in [1.29, 1.82) is 0 Å². The van der Waals surface area contributed by atoms with Crippen molar-refractivity contribution in [3.63, 3.8) is 0 Å². The van der Waals surface area contributed by atoms with Gasteiger partial charge in [0.15, 0.2) is 11.5 Å². The average molecular weight is 217 g/mol. The van der Waals surface area contributed by atoms with E-state index in [-0.39, 0.29) is 5.78 Å². The highest BCUT2D eigenvalue weighted by molar-refractivity contribution is 5.91. The van der Waals surface area contributed by atoms with Gasteiger partial charge in [-0.05, 0) is 10.8 Å². The van der Waals surface area contributed by atoms with Crippen LogP contribution in [-0.2, 0) is 6.61 Å². The van der Waals surface area contributed by atoms with Crippen molar-refractivity contribution in [3.05, 3.63) is 47.8 Å². The molecule has 0 radical (unpaired) electrons. The first kappa shape index (κ1) is 10.4. The third-order valence-electron chi connectivity index (χ3n) is 2.08. The smallest absolute Gasteiger partial charge is 0.183 e. The van der Waals surface area contributed by atoms with Crippen molar-refractivity contribution in [2.45, 2.75) is 13.5 Å². The average Bonchev–Trinajstić information content (AvgIpc) is 2.76. The fourth-order valence-corrected chi connectivity index (χ4v) is 1.26. The molecule has 0 unspecified atom stereocenters. The Morgan fingerprint density at radius 1 is 1.38 bits per heavy atom. The number of carbonyl (C=O) groups excluding carboxylic acids is 1. The first-order valence-electron chi connectivity index (χ1n) is 4.86. The summed E-state index contributed by atoms with van der Waals surface area (Å²) in [4.78, 5) is 17.7. The fraction of sp³-hybridized carbons (Fsp3) is 0.182. The van der Waals surface area contributed by atoms with Crippen LogP contribution >= 0.6 is 0 Å². The molecule has 0 atom stereocenters. The molecule has 5 nitrogen and oxygen atoms in total. The highest BCUT2D eigenvalue weighted by Crippen LogP contribution is 2.00. The standard InChI is InChI=1S/C11H11N3O2/c1-9(15)11-7-12-13-14(11)16-8-10-5-3-2-4-6-10/h2-7H,8H2,1H3. The molecule has 2 aromatic rings. The van der Waals surface area contributed by atoms with Gasteiger partial charge >= 0.3 is 0 Å². The van der Waals surface area contributed by atoms with Crippen LogP contribution in [0.25, 0.3) is 0 Å². The minimum atomic E-state index is -0.127. The molecule has 0 bridgehead atoms. The van der Waals surface area contributed by atoms with Gasteiger partial charge in [0, 0.05) is 6.92 Å². The third-order valence-corrected chi connectivity index (χ3v) is 2.08. The Hall–Kier alpha value is -2.17. The number of ketones is 1. The third kappa shape index (κ3) is 2.25. The Bertz CT molecular complexity index is 479. The van der Waals surface area contributed by atoms with Crippen molar-refractivity contribution >= 4 is 5.78 Å². The molecule has 1 aromatic heterocycles. The number of Topliss-reactive ketones (excluding diaryl/α,β-unsaturated/α-hetero) is 1. The van der Waals surface area contributed by atoms with Gasteiger partial charge in [0.2, 0.25) is 0 Å². The first-order chi connectivity index (χ1) is 7.77. The molecule has 1 aromatic carbocycles. The van der Waals surface area contributed by atoms with Crippen molar-refractivity contribution in [1.82, 2.24) is 15.2 Å². The summed E-state index contributed by atoms with van der Waals surface area (Å²) < 4.78 is 0. The van der Waals surface area contributed by atoms with E-state index in [1.54, 1.807) is 0 Å². The molecule has 0 amide bonds. The molecule has 0 aliphatic heterocycles. The van der Waals surface area contributed by atoms with Crippen molar-refractivity contribution < 1.29 is 9.63 Å². The summed E-state index contributed by atoms with van der Waals surface area (Å²) in [6.45, 7) is 1.80. The van der Waals surface area contributed by atoms with Gasteiger partial charge in [0.05, 0.1) is 6.20 Å². The van der Waals surface area contributed by atoms with Crippen molar-refractivity contribution in [3.8, 4) is 0 Å². The molecule has 0 N–H and O–H groups in total. The van der Waals surface area contributed by atoms with E-state index >= 15 is 0 Å². The molecular weight excluding hydrogens is 206 g/mol. The quantitative estimate of drug-likeness (QED) is 0.720. The normalized spacial score (nSPS) is 10.1. The maximum atomic E-state index is 11.2. The van der Waals surface area contributed by atoms with Gasteiger partial charge < -0.3 is 4.84 Å². The molecule has 0 aliphatic rings. The zero-order chi connectivity index (χ0) is 11.4. The van der Waals surface area contributed by atoms with Gasteiger partial charge in [-0.25, -0.2) is 0 Å². The van der Waals surface area contributed by atoms with Crippen LogP contribution in [-0.4, -0.2) is 20.9 Å². The van der Waals surface area contributed by atoms with Gasteiger partial charge in [-0.1, -0.05) is 35.2 Å². The number of rotatable bonds is 4. The fourth-order valence-electron chi connectivity index (χ4n) is 1.26. The summed E-state index contributed by atoms with van der Waals surface area (Å²) in [5.41, 5.74) is 1.35. The van der Waals surface area contributed by atoms with E-state index in [4.69, 9.17) is 4.84 Å². The minimum absolute atomic E-state index is 0.127. The van der Waals surface area contributed by atoms with Crippen LogP contribution in [0.1, 0.15) is 23.0 Å². The molecule has 0 fully saturated rings. The van der Waals surface area contributed by atoms with Gasteiger partial charge in [-0.3, -0.25) is 4.79 Å². The zero-order valence-corrected chi connectivity index (χ0v) is 8.83. The topological polar surface area (TPSA) is 57.0 Å². The van der Waals surface area contributed by atoms with Crippen molar-refractivity contribution in [2.75, 3.05) is 0 Å². The van der Waals surface area contributed by atoms with E-state index in [2.05, 4.69) is 10.3 Å². The van der Waals surface area contributed by atoms with Gasteiger partial charge in [-0.15, -0.1) is 5.10 Å². The number of carbonyl (C=O) groups is 1. The van der Waals surface area contributed by atoms with Gasteiger partial charge in [0.1, 0.15) is 6.61 Å². The highest BCUT2D eigenvalue weighted by atomic mass is 16.7.